The summed E-state index contributed by atoms with van der Waals surface area (Å²) in [7, 11) is 0. The van der Waals surface area contributed by atoms with E-state index in [1.54, 1.807) is 17.8 Å². The SMILES string of the molecule is CC(C)=COCc1c([C@@H](C)O)cc2n(c1=O)Cc1c-2nc2cc(F)c(C)c3c2c1CCC3. The molecule has 0 saturated carbocycles. The molecule has 0 unspecified atom stereocenters. The molecular formula is C26H27FN2O3. The van der Waals surface area contributed by atoms with Crippen LogP contribution in [-0.4, -0.2) is 14.7 Å². The molecule has 0 amide bonds. The summed E-state index contributed by atoms with van der Waals surface area (Å²) in [6.45, 7) is 7.85. The highest BCUT2D eigenvalue weighted by Gasteiger charge is 2.31. The van der Waals surface area contributed by atoms with Gasteiger partial charge in [-0.1, -0.05) is 0 Å². The highest BCUT2D eigenvalue weighted by Crippen LogP contribution is 2.41. The van der Waals surface area contributed by atoms with E-state index >= 15 is 0 Å². The quantitative estimate of drug-likeness (QED) is 0.466. The van der Waals surface area contributed by atoms with Gasteiger partial charge in [0.1, 0.15) is 12.4 Å². The smallest absolute Gasteiger partial charge is 0.258 e. The number of aliphatic hydroxyl groups excluding tert-OH is 1. The molecule has 0 spiro atoms. The van der Waals surface area contributed by atoms with Gasteiger partial charge in [0.2, 0.25) is 0 Å². The first kappa shape index (κ1) is 20.9. The molecule has 1 aromatic carbocycles. The van der Waals surface area contributed by atoms with E-state index < -0.39 is 6.10 Å². The molecule has 32 heavy (non-hydrogen) atoms. The van der Waals surface area contributed by atoms with Gasteiger partial charge in [-0.2, -0.15) is 0 Å². The van der Waals surface area contributed by atoms with Crippen LogP contribution in [0, 0.1) is 12.7 Å². The summed E-state index contributed by atoms with van der Waals surface area (Å²) in [6, 6.07) is 3.36. The number of pyridine rings is 2. The Labute approximate surface area is 186 Å². The third-order valence-electron chi connectivity index (χ3n) is 6.66. The van der Waals surface area contributed by atoms with Crippen LogP contribution >= 0.6 is 0 Å². The van der Waals surface area contributed by atoms with Crippen molar-refractivity contribution in [1.29, 1.82) is 0 Å². The first-order valence-electron chi connectivity index (χ1n) is 11.1. The molecule has 2 aliphatic rings. The Hall–Kier alpha value is -2.99. The zero-order valence-corrected chi connectivity index (χ0v) is 18.9. The first-order chi connectivity index (χ1) is 15.3. The van der Waals surface area contributed by atoms with Gasteiger partial charge in [-0.15, -0.1) is 0 Å². The van der Waals surface area contributed by atoms with Crippen molar-refractivity contribution in [3.05, 3.63) is 73.5 Å². The number of rotatable bonds is 4. The molecule has 3 heterocycles. The highest BCUT2D eigenvalue weighted by molar-refractivity contribution is 5.92. The predicted octanol–water partition coefficient (Wildman–Crippen LogP) is 4.86. The van der Waals surface area contributed by atoms with Crippen LogP contribution in [0.5, 0.6) is 0 Å². The Balaban J connectivity index is 1.74. The van der Waals surface area contributed by atoms with Crippen LogP contribution in [0.3, 0.4) is 0 Å². The van der Waals surface area contributed by atoms with Crippen LogP contribution in [0.1, 0.15) is 66.7 Å². The maximum absolute atomic E-state index is 14.6. The van der Waals surface area contributed by atoms with Crippen LogP contribution in [-0.2, 0) is 30.7 Å². The normalized spacial score (nSPS) is 14.8. The summed E-state index contributed by atoms with van der Waals surface area (Å²) < 4.78 is 21.9. The molecule has 0 radical (unpaired) electrons. The molecule has 5 rings (SSSR count). The minimum Gasteiger partial charge on any atom is -0.496 e. The number of aliphatic hydroxyl groups is 1. The van der Waals surface area contributed by atoms with Gasteiger partial charge in [-0.3, -0.25) is 4.79 Å². The van der Waals surface area contributed by atoms with E-state index in [1.807, 2.05) is 26.8 Å². The summed E-state index contributed by atoms with van der Waals surface area (Å²) in [6.07, 6.45) is 3.48. The number of aromatic nitrogens is 2. The van der Waals surface area contributed by atoms with Gasteiger partial charge in [-0.05, 0) is 80.9 Å². The van der Waals surface area contributed by atoms with Gasteiger partial charge in [-0.25, -0.2) is 9.37 Å². The third-order valence-corrected chi connectivity index (χ3v) is 6.66. The second kappa shape index (κ2) is 7.55. The number of ether oxygens (including phenoxy) is 1. The largest absolute Gasteiger partial charge is 0.496 e. The number of halogens is 1. The van der Waals surface area contributed by atoms with Crippen molar-refractivity contribution in [2.24, 2.45) is 0 Å². The van der Waals surface area contributed by atoms with Crippen molar-refractivity contribution in [1.82, 2.24) is 9.55 Å². The Morgan fingerprint density at radius 3 is 2.75 bits per heavy atom. The molecule has 1 aliphatic carbocycles. The van der Waals surface area contributed by atoms with Gasteiger partial charge in [0.05, 0.1) is 41.4 Å². The van der Waals surface area contributed by atoms with Crippen molar-refractivity contribution in [2.75, 3.05) is 0 Å². The zero-order valence-electron chi connectivity index (χ0n) is 18.9. The van der Waals surface area contributed by atoms with Crippen LogP contribution < -0.4 is 5.56 Å². The van der Waals surface area contributed by atoms with Crippen LogP contribution in [0.4, 0.5) is 4.39 Å². The highest BCUT2D eigenvalue weighted by atomic mass is 19.1. The second-order valence-corrected chi connectivity index (χ2v) is 9.16. The Kier molecular flexibility index (Phi) is 4.93. The summed E-state index contributed by atoms with van der Waals surface area (Å²) in [5.41, 5.74) is 7.82. The maximum Gasteiger partial charge on any atom is 0.258 e. The number of aryl methyl sites for hydroxylation is 2. The number of allylic oxidation sites excluding steroid dienone is 1. The predicted molar refractivity (Wildman–Crippen MR) is 122 cm³/mol. The molecular weight excluding hydrogens is 407 g/mol. The molecule has 0 saturated heterocycles. The topological polar surface area (TPSA) is 64.3 Å². The van der Waals surface area contributed by atoms with E-state index in [0.29, 0.717) is 34.4 Å². The third kappa shape index (κ3) is 3.08. The van der Waals surface area contributed by atoms with Crippen molar-refractivity contribution >= 4 is 10.9 Å². The lowest BCUT2D eigenvalue weighted by molar-refractivity contribution is 0.188. The lowest BCUT2D eigenvalue weighted by Crippen LogP contribution is -2.26. The monoisotopic (exact) mass is 434 g/mol. The molecule has 1 atom stereocenters. The number of hydrogen-bond acceptors (Lipinski definition) is 4. The summed E-state index contributed by atoms with van der Waals surface area (Å²) in [4.78, 5) is 18.3. The zero-order chi connectivity index (χ0) is 22.7. The summed E-state index contributed by atoms with van der Waals surface area (Å²) in [5.74, 6) is -0.236. The Bertz CT molecular complexity index is 1360. The summed E-state index contributed by atoms with van der Waals surface area (Å²) >= 11 is 0. The lowest BCUT2D eigenvalue weighted by Gasteiger charge is -2.21. The average Bonchev–Trinajstić information content (AvgIpc) is 3.12. The number of benzene rings is 1. The minimum atomic E-state index is -0.825. The van der Waals surface area contributed by atoms with E-state index in [2.05, 4.69) is 0 Å². The second-order valence-electron chi connectivity index (χ2n) is 9.16. The molecule has 2 aromatic heterocycles. The standard InChI is InChI=1S/C26H27FN2O3/c1-13(2)11-32-12-20-18(15(4)30)8-23-25-19(10-29(23)26(20)31)17-7-5-6-16-14(3)21(27)9-22(28-25)24(16)17/h8-9,11,15,30H,5-7,10,12H2,1-4H3/t15-/m1/s1. The van der Waals surface area contributed by atoms with Crippen molar-refractivity contribution in [3.8, 4) is 11.4 Å². The molecule has 3 aromatic rings. The van der Waals surface area contributed by atoms with E-state index in [0.717, 1.165) is 47.0 Å². The Morgan fingerprint density at radius 1 is 1.28 bits per heavy atom. The van der Waals surface area contributed by atoms with E-state index in [-0.39, 0.29) is 18.0 Å². The molecule has 0 fully saturated rings. The van der Waals surface area contributed by atoms with Gasteiger partial charge < -0.3 is 14.4 Å². The van der Waals surface area contributed by atoms with E-state index in [1.165, 1.54) is 11.6 Å². The maximum atomic E-state index is 14.6. The van der Waals surface area contributed by atoms with Crippen molar-refractivity contribution in [3.63, 3.8) is 0 Å². The average molecular weight is 435 g/mol. The fraction of sp³-hybridized carbons (Fsp3) is 0.385. The lowest BCUT2D eigenvalue weighted by atomic mass is 9.85. The number of nitrogens with zero attached hydrogens (tertiary/aromatic N) is 2. The number of hydrogen-bond donors (Lipinski definition) is 1. The Morgan fingerprint density at radius 2 is 2.03 bits per heavy atom. The van der Waals surface area contributed by atoms with Crippen LogP contribution in [0.2, 0.25) is 0 Å². The molecule has 6 heteroatoms. The summed E-state index contributed by atoms with van der Waals surface area (Å²) in [5, 5.41) is 11.5. The van der Waals surface area contributed by atoms with Crippen LogP contribution in [0.15, 0.2) is 28.8 Å². The van der Waals surface area contributed by atoms with Crippen LogP contribution in [0.25, 0.3) is 22.3 Å². The fourth-order valence-electron chi connectivity index (χ4n) is 5.13. The fourth-order valence-corrected chi connectivity index (χ4v) is 5.13. The van der Waals surface area contributed by atoms with E-state index in [4.69, 9.17) is 9.72 Å². The molecule has 0 bridgehead atoms. The molecule has 5 nitrogen and oxygen atoms in total. The van der Waals surface area contributed by atoms with E-state index in [9.17, 15) is 14.3 Å². The number of fused-ring (bicyclic) bond motifs is 4. The van der Waals surface area contributed by atoms with Crippen molar-refractivity contribution in [2.45, 2.75) is 66.2 Å². The van der Waals surface area contributed by atoms with Gasteiger partial charge in [0.15, 0.2) is 0 Å². The van der Waals surface area contributed by atoms with Gasteiger partial charge >= 0.3 is 0 Å². The van der Waals surface area contributed by atoms with Gasteiger partial charge in [0, 0.05) is 17.0 Å². The molecule has 1 N–H and O–H groups in total. The molecule has 1 aliphatic heterocycles. The van der Waals surface area contributed by atoms with Gasteiger partial charge in [0.25, 0.3) is 5.56 Å². The minimum absolute atomic E-state index is 0.0949. The first-order valence-corrected chi connectivity index (χ1v) is 11.1. The van der Waals surface area contributed by atoms with Crippen molar-refractivity contribution < 1.29 is 14.2 Å². The molecule has 166 valence electrons.